The maximum absolute atomic E-state index is 14.1. The number of halogens is 1. The summed E-state index contributed by atoms with van der Waals surface area (Å²) < 4.78 is 31.0. The fourth-order valence-electron chi connectivity index (χ4n) is 7.61. The van der Waals surface area contributed by atoms with E-state index >= 15 is 0 Å². The number of Topliss-reactive ketones (excluding diaryl/α,β-unsaturated/α-hetero) is 1. The van der Waals surface area contributed by atoms with Crippen molar-refractivity contribution in [2.75, 3.05) is 11.9 Å². The lowest BCUT2D eigenvalue weighted by molar-refractivity contribution is -0.143. The molecule has 336 valence electrons. The number of anilines is 1. The van der Waals surface area contributed by atoms with E-state index in [-0.39, 0.29) is 48.4 Å². The number of nitrogens with zero attached hydrogens (tertiary/aromatic N) is 3. The van der Waals surface area contributed by atoms with Gasteiger partial charge in [-0.2, -0.15) is 4.98 Å². The molecule has 0 saturated carbocycles. The number of epoxide rings is 1. The predicted molar refractivity (Wildman–Crippen MR) is 222 cm³/mol. The SMILES string of the molecule is C/C(=C\c1csc(C)n1)[C@@H]1C[C@@H]2O[C@]2(C)CCC[C@H](C)[C@H](O)[C@@H](C)C(=O)C(C)(C)[C@@H](O)CC(=O)N1.CCCCCOC(=O)Nc1nc(=O)n([C@@H]2O[C@H](C)[C@@H](O)[C@H]2O)cc1F. The van der Waals surface area contributed by atoms with E-state index in [2.05, 4.69) is 27.5 Å². The summed E-state index contributed by atoms with van der Waals surface area (Å²) in [6, 6.07) is -0.269. The highest BCUT2D eigenvalue weighted by Crippen LogP contribution is 2.44. The number of amides is 2. The van der Waals surface area contributed by atoms with Gasteiger partial charge in [0.25, 0.3) is 0 Å². The first kappa shape index (κ1) is 49.0. The molecule has 3 aliphatic heterocycles. The molecule has 2 aromatic rings. The Morgan fingerprint density at radius 2 is 1.80 bits per heavy atom. The number of aliphatic hydroxyl groups is 4. The van der Waals surface area contributed by atoms with Crippen molar-refractivity contribution in [1.82, 2.24) is 19.9 Å². The lowest BCUT2D eigenvalue weighted by atomic mass is 9.72. The van der Waals surface area contributed by atoms with Gasteiger partial charge in [-0.1, -0.05) is 53.9 Å². The number of aryl methyl sites for hydroxylation is 1. The molecule has 3 aliphatic rings. The normalized spacial score (nSPS) is 32.6. The van der Waals surface area contributed by atoms with E-state index in [0.717, 1.165) is 59.1 Å². The highest BCUT2D eigenvalue weighted by Gasteiger charge is 2.52. The Morgan fingerprint density at radius 3 is 2.42 bits per heavy atom. The van der Waals surface area contributed by atoms with Crippen LogP contribution in [0, 0.1) is 30.0 Å². The molecular formula is C42H64FN5O11S. The van der Waals surface area contributed by atoms with Crippen molar-refractivity contribution < 1.29 is 53.4 Å². The molecule has 60 heavy (non-hydrogen) atoms. The van der Waals surface area contributed by atoms with E-state index in [1.54, 1.807) is 32.1 Å². The van der Waals surface area contributed by atoms with Gasteiger partial charge < -0.3 is 40.0 Å². The van der Waals surface area contributed by atoms with Gasteiger partial charge in [-0.25, -0.2) is 19.0 Å². The number of ketones is 1. The van der Waals surface area contributed by atoms with Crippen LogP contribution in [0.15, 0.2) is 21.9 Å². The van der Waals surface area contributed by atoms with E-state index in [9.17, 15) is 44.0 Å². The molecule has 2 aromatic heterocycles. The fraction of sp³-hybridized carbons (Fsp3) is 0.714. The van der Waals surface area contributed by atoms with Crippen molar-refractivity contribution in [1.29, 1.82) is 0 Å². The van der Waals surface area contributed by atoms with E-state index in [4.69, 9.17) is 14.2 Å². The average molecular weight is 866 g/mol. The molecule has 16 nitrogen and oxygen atoms in total. The molecule has 0 unspecified atom stereocenters. The molecule has 11 atom stereocenters. The maximum atomic E-state index is 14.1. The summed E-state index contributed by atoms with van der Waals surface area (Å²) in [6.07, 6.45) is 0.741. The number of aromatic nitrogens is 3. The minimum atomic E-state index is -1.41. The van der Waals surface area contributed by atoms with Gasteiger partial charge in [0.05, 0.1) is 71.4 Å². The van der Waals surface area contributed by atoms with Crippen LogP contribution in [0.3, 0.4) is 0 Å². The molecule has 0 spiro atoms. The highest BCUT2D eigenvalue weighted by atomic mass is 32.1. The molecule has 2 amide bonds. The second kappa shape index (κ2) is 20.9. The molecule has 6 N–H and O–H groups in total. The van der Waals surface area contributed by atoms with Gasteiger partial charge in [-0.05, 0) is 64.5 Å². The number of nitrogens with one attached hydrogen (secondary N) is 2. The van der Waals surface area contributed by atoms with E-state index < -0.39 is 71.5 Å². The second-order valence-corrected chi connectivity index (χ2v) is 18.3. The van der Waals surface area contributed by atoms with E-state index in [0.29, 0.717) is 12.8 Å². The van der Waals surface area contributed by atoms with Crippen LogP contribution in [-0.2, 0) is 23.8 Å². The van der Waals surface area contributed by atoms with Crippen LogP contribution in [0.2, 0.25) is 0 Å². The number of ether oxygens (including phenoxy) is 3. The average Bonchev–Trinajstić information content (AvgIpc) is 3.50. The molecule has 0 aromatic carbocycles. The number of hydrogen-bond acceptors (Lipinski definition) is 14. The molecule has 0 aliphatic carbocycles. The molecule has 5 rings (SSSR count). The summed E-state index contributed by atoms with van der Waals surface area (Å²) >= 11 is 1.58. The first-order valence-corrected chi connectivity index (χ1v) is 21.7. The Labute approximate surface area is 354 Å². The topological polar surface area (TPSA) is 235 Å². The summed E-state index contributed by atoms with van der Waals surface area (Å²) in [6.45, 7) is 16.7. The van der Waals surface area contributed by atoms with Crippen molar-refractivity contribution in [2.45, 2.75) is 168 Å². The minimum absolute atomic E-state index is 0.0170. The second-order valence-electron chi connectivity index (χ2n) is 17.2. The number of rotatable bonds is 8. The number of thiazole rings is 1. The van der Waals surface area contributed by atoms with Crippen LogP contribution in [0.5, 0.6) is 0 Å². The lowest BCUT2D eigenvalue weighted by Gasteiger charge is -2.34. The van der Waals surface area contributed by atoms with Gasteiger partial charge in [0, 0.05) is 17.7 Å². The van der Waals surface area contributed by atoms with Crippen molar-refractivity contribution in [2.24, 2.45) is 17.3 Å². The Kier molecular flexibility index (Phi) is 17.1. The number of aliphatic hydroxyl groups excluding tert-OH is 4. The smallest absolute Gasteiger partial charge is 0.412 e. The Hall–Kier alpha value is -3.65. The highest BCUT2D eigenvalue weighted by molar-refractivity contribution is 7.09. The molecular weight excluding hydrogens is 802 g/mol. The predicted octanol–water partition coefficient (Wildman–Crippen LogP) is 4.81. The summed E-state index contributed by atoms with van der Waals surface area (Å²) in [7, 11) is 0. The molecule has 3 fully saturated rings. The van der Waals surface area contributed by atoms with Crippen LogP contribution >= 0.6 is 11.3 Å². The van der Waals surface area contributed by atoms with Gasteiger partial charge in [-0.3, -0.25) is 19.5 Å². The summed E-state index contributed by atoms with van der Waals surface area (Å²) in [5.41, 5.74) is -0.541. The van der Waals surface area contributed by atoms with Crippen molar-refractivity contribution in [3.63, 3.8) is 0 Å². The van der Waals surface area contributed by atoms with E-state index in [1.165, 1.54) is 6.92 Å². The Balaban J connectivity index is 0.000000280. The van der Waals surface area contributed by atoms with Gasteiger partial charge >= 0.3 is 11.8 Å². The number of fused-ring (bicyclic) bond motifs is 1. The number of carbonyl (C=O) groups is 3. The lowest BCUT2D eigenvalue weighted by Crippen LogP contribution is -2.47. The zero-order valence-electron chi connectivity index (χ0n) is 36.1. The number of carbonyl (C=O) groups excluding carboxylic acids is 3. The Bertz CT molecular complexity index is 1890. The third-order valence-electron chi connectivity index (χ3n) is 11.9. The number of hydrogen-bond donors (Lipinski definition) is 6. The van der Waals surface area contributed by atoms with Crippen LogP contribution in [0.25, 0.3) is 6.08 Å². The minimum Gasteiger partial charge on any atom is -0.449 e. The quantitative estimate of drug-likeness (QED) is 0.155. The van der Waals surface area contributed by atoms with Crippen LogP contribution < -0.4 is 16.3 Å². The molecule has 5 heterocycles. The first-order chi connectivity index (χ1) is 28.1. The van der Waals surface area contributed by atoms with Crippen LogP contribution in [0.4, 0.5) is 15.0 Å². The standard InChI is InChI=1S/C27H42N2O5S.C15H22FN3O6/c1-15-9-8-10-27(7)22(34-27)12-20(16(2)11-19-14-35-18(4)28-19)29-23(31)13-21(30)26(5,6)25(33)17(3)24(15)32;1-3-4-5-6-24-15(23)18-12-9(16)7-19(14(22)17-12)13-11(21)10(20)8(2)25-13/h11,14-15,17,20-22,24,30,32H,8-10,12-13H2,1-7H3,(H,29,31);7-8,10-11,13,20-21H,3-6H2,1-2H3,(H,17,18,22,23)/b16-11+;/t15-,17+,20-,21-,22-,24-,27+;8-,10-,11-,13-/m01/s1. The van der Waals surface area contributed by atoms with Crippen molar-refractivity contribution in [3.8, 4) is 0 Å². The zero-order valence-corrected chi connectivity index (χ0v) is 37.0. The summed E-state index contributed by atoms with van der Waals surface area (Å²) in [4.78, 5) is 57.8. The van der Waals surface area contributed by atoms with Crippen molar-refractivity contribution >= 4 is 41.0 Å². The molecule has 0 radical (unpaired) electrons. The van der Waals surface area contributed by atoms with Gasteiger partial charge in [0.15, 0.2) is 17.9 Å². The van der Waals surface area contributed by atoms with Crippen LogP contribution in [-0.4, -0.2) is 108 Å². The maximum Gasteiger partial charge on any atom is 0.412 e. The zero-order chi connectivity index (χ0) is 44.7. The van der Waals surface area contributed by atoms with Crippen LogP contribution in [0.1, 0.15) is 124 Å². The Morgan fingerprint density at radius 1 is 1.10 bits per heavy atom. The van der Waals surface area contributed by atoms with Gasteiger partial charge in [-0.15, -0.1) is 11.3 Å². The largest absolute Gasteiger partial charge is 0.449 e. The third kappa shape index (κ3) is 12.5. The molecule has 0 bridgehead atoms. The fourth-order valence-corrected chi connectivity index (χ4v) is 8.18. The number of unbranched alkanes of at least 4 members (excludes halogenated alkanes) is 2. The van der Waals surface area contributed by atoms with Gasteiger partial charge in [0.2, 0.25) is 5.91 Å². The molecule has 18 heteroatoms. The van der Waals surface area contributed by atoms with Crippen molar-refractivity contribution in [3.05, 3.63) is 44.2 Å². The first-order valence-electron chi connectivity index (χ1n) is 20.8. The molecule has 3 saturated heterocycles. The third-order valence-corrected chi connectivity index (χ3v) is 12.7. The summed E-state index contributed by atoms with van der Waals surface area (Å²) in [5.74, 6) is -2.82. The monoisotopic (exact) mass is 865 g/mol. The van der Waals surface area contributed by atoms with Gasteiger partial charge in [0.1, 0.15) is 18.0 Å². The summed E-state index contributed by atoms with van der Waals surface area (Å²) in [5, 5.41) is 49.4. The van der Waals surface area contributed by atoms with E-state index in [1.807, 2.05) is 39.2 Å².